The van der Waals surface area contributed by atoms with E-state index < -0.39 is 17.2 Å². The second-order valence-electron chi connectivity index (χ2n) is 7.57. The Labute approximate surface area is 156 Å². The van der Waals surface area contributed by atoms with Crippen LogP contribution in [-0.4, -0.2) is 28.1 Å². The zero-order valence-electron chi connectivity index (χ0n) is 15.4. The van der Waals surface area contributed by atoms with E-state index in [0.29, 0.717) is 22.3 Å². The van der Waals surface area contributed by atoms with Gasteiger partial charge in [-0.3, -0.25) is 4.79 Å². The van der Waals surface area contributed by atoms with E-state index in [4.69, 9.17) is 5.26 Å². The van der Waals surface area contributed by atoms with Crippen LogP contribution in [0.3, 0.4) is 0 Å². The Kier molecular flexibility index (Phi) is 4.75. The molecule has 0 atom stereocenters. The number of carbonyl (C=O) groups excluding carboxylic acids is 1. The van der Waals surface area contributed by atoms with Gasteiger partial charge in [-0.15, -0.1) is 0 Å². The largest absolute Gasteiger partial charge is 0.389 e. The number of carbonyl (C=O) groups is 1. The molecule has 1 aliphatic heterocycles. The fourth-order valence-corrected chi connectivity index (χ4v) is 3.38. The van der Waals surface area contributed by atoms with Gasteiger partial charge in [0.1, 0.15) is 11.6 Å². The molecule has 27 heavy (non-hydrogen) atoms. The summed E-state index contributed by atoms with van der Waals surface area (Å²) >= 11 is 0. The van der Waals surface area contributed by atoms with Crippen molar-refractivity contribution in [3.8, 4) is 6.07 Å². The number of benzene rings is 2. The molecule has 2 aromatic rings. The third-order valence-corrected chi connectivity index (χ3v) is 4.73. The summed E-state index contributed by atoms with van der Waals surface area (Å²) in [6.07, 6.45) is 0.117. The van der Waals surface area contributed by atoms with E-state index in [0.717, 1.165) is 6.07 Å². The third kappa shape index (κ3) is 3.69. The molecule has 2 aromatic carbocycles. The number of fused-ring (bicyclic) bond motifs is 1. The summed E-state index contributed by atoms with van der Waals surface area (Å²) in [6, 6.07) is 7.63. The van der Waals surface area contributed by atoms with Gasteiger partial charge in [0, 0.05) is 30.6 Å². The van der Waals surface area contributed by atoms with Crippen molar-refractivity contribution < 1.29 is 18.7 Å². The van der Waals surface area contributed by atoms with Crippen LogP contribution in [0.5, 0.6) is 0 Å². The van der Waals surface area contributed by atoms with Crippen LogP contribution in [0.15, 0.2) is 24.3 Å². The summed E-state index contributed by atoms with van der Waals surface area (Å²) in [5.41, 5.74) is 0.916. The number of amides is 1. The zero-order chi connectivity index (χ0) is 19.9. The molecular weight excluding hydrogens is 350 g/mol. The van der Waals surface area contributed by atoms with Gasteiger partial charge in [0.25, 0.3) is 5.91 Å². The zero-order valence-corrected chi connectivity index (χ0v) is 15.4. The maximum Gasteiger partial charge on any atom is 0.254 e. The minimum atomic E-state index is -1.09. The molecule has 3 rings (SSSR count). The average Bonchev–Trinajstić information content (AvgIpc) is 2.88. The van der Waals surface area contributed by atoms with Gasteiger partial charge in [-0.1, -0.05) is 6.07 Å². The fraction of sp³-hybridized carbons (Fsp3) is 0.333. The molecule has 0 saturated carbocycles. The van der Waals surface area contributed by atoms with Crippen molar-refractivity contribution in [3.63, 3.8) is 0 Å². The van der Waals surface area contributed by atoms with E-state index in [1.165, 1.54) is 17.0 Å². The van der Waals surface area contributed by atoms with Crippen LogP contribution in [0.1, 0.15) is 52.0 Å². The lowest BCUT2D eigenvalue weighted by molar-refractivity contribution is 0.0313. The van der Waals surface area contributed by atoms with Crippen molar-refractivity contribution in [2.24, 2.45) is 0 Å². The summed E-state index contributed by atoms with van der Waals surface area (Å²) in [6.45, 7) is 4.98. The lowest BCUT2D eigenvalue weighted by atomic mass is 9.94. The molecule has 6 heteroatoms. The first-order valence-electron chi connectivity index (χ1n) is 8.61. The molecule has 0 aromatic heterocycles. The normalized spacial score (nSPS) is 13.7. The summed E-state index contributed by atoms with van der Waals surface area (Å²) in [4.78, 5) is 14.0. The van der Waals surface area contributed by atoms with E-state index in [1.54, 1.807) is 26.8 Å². The lowest BCUT2D eigenvalue weighted by Gasteiger charge is -2.24. The molecule has 1 N–H and O–H groups in total. The van der Waals surface area contributed by atoms with E-state index in [9.17, 15) is 18.7 Å². The molecule has 1 amide bonds. The van der Waals surface area contributed by atoms with Gasteiger partial charge in [-0.25, -0.2) is 8.78 Å². The molecule has 1 aliphatic rings. The van der Waals surface area contributed by atoms with Gasteiger partial charge in [-0.2, -0.15) is 5.26 Å². The Morgan fingerprint density at radius 3 is 2.56 bits per heavy atom. The monoisotopic (exact) mass is 370 g/mol. The van der Waals surface area contributed by atoms with Gasteiger partial charge in [-0.05, 0) is 55.7 Å². The number of halogens is 2. The summed E-state index contributed by atoms with van der Waals surface area (Å²) < 4.78 is 29.1. The van der Waals surface area contributed by atoms with Crippen molar-refractivity contribution in [1.29, 1.82) is 5.26 Å². The van der Waals surface area contributed by atoms with Crippen LogP contribution >= 0.6 is 0 Å². The SMILES string of the molecule is Cc1c(Cc2ccc(C#N)cc2F)cc2c(c1F)CN(CC(C)(C)O)C2=O. The Morgan fingerprint density at radius 1 is 1.26 bits per heavy atom. The molecular formula is C21H20F2N2O2. The van der Waals surface area contributed by atoms with Crippen LogP contribution in [0.25, 0.3) is 0 Å². The quantitative estimate of drug-likeness (QED) is 0.896. The van der Waals surface area contributed by atoms with Crippen LogP contribution in [0.4, 0.5) is 8.78 Å². The summed E-state index contributed by atoms with van der Waals surface area (Å²) in [5.74, 6) is -1.35. The number of hydrogen-bond donors (Lipinski definition) is 1. The molecule has 0 fully saturated rings. The smallest absolute Gasteiger partial charge is 0.254 e. The van der Waals surface area contributed by atoms with Crippen molar-refractivity contribution in [1.82, 2.24) is 4.90 Å². The average molecular weight is 370 g/mol. The van der Waals surface area contributed by atoms with Crippen LogP contribution in [0.2, 0.25) is 0 Å². The molecule has 140 valence electrons. The van der Waals surface area contributed by atoms with E-state index >= 15 is 0 Å². The number of nitriles is 1. The van der Waals surface area contributed by atoms with Crippen molar-refractivity contribution in [3.05, 3.63) is 69.3 Å². The minimum absolute atomic E-state index is 0.0958. The standard InChI is InChI=1S/C21H20F2N2O2/c1-12-15(7-14-5-4-13(9-24)6-18(14)22)8-16-17(19(12)23)10-25(20(16)26)11-21(2,3)27/h4-6,8,27H,7,10-11H2,1-3H3. The van der Waals surface area contributed by atoms with Crippen molar-refractivity contribution >= 4 is 5.91 Å². The second-order valence-corrected chi connectivity index (χ2v) is 7.57. The molecule has 0 spiro atoms. The predicted octanol–water partition coefficient (Wildman–Crippen LogP) is 3.46. The minimum Gasteiger partial charge on any atom is -0.389 e. The molecule has 0 unspecified atom stereocenters. The maximum absolute atomic E-state index is 14.9. The lowest BCUT2D eigenvalue weighted by Crippen LogP contribution is -2.38. The molecule has 1 heterocycles. The van der Waals surface area contributed by atoms with Gasteiger partial charge < -0.3 is 10.0 Å². The van der Waals surface area contributed by atoms with Crippen molar-refractivity contribution in [2.45, 2.75) is 39.3 Å². The molecule has 0 radical (unpaired) electrons. The fourth-order valence-electron chi connectivity index (χ4n) is 3.38. The number of aliphatic hydroxyl groups is 1. The molecule has 0 saturated heterocycles. The van der Waals surface area contributed by atoms with Gasteiger partial charge >= 0.3 is 0 Å². The highest BCUT2D eigenvalue weighted by molar-refractivity contribution is 5.98. The van der Waals surface area contributed by atoms with Crippen LogP contribution in [-0.2, 0) is 13.0 Å². The van der Waals surface area contributed by atoms with E-state index in [-0.39, 0.29) is 36.5 Å². The highest BCUT2D eigenvalue weighted by Gasteiger charge is 2.34. The number of rotatable bonds is 4. The van der Waals surface area contributed by atoms with Gasteiger partial charge in [0.15, 0.2) is 0 Å². The van der Waals surface area contributed by atoms with Crippen LogP contribution < -0.4 is 0 Å². The molecule has 0 aliphatic carbocycles. The maximum atomic E-state index is 14.9. The first-order chi connectivity index (χ1) is 12.6. The highest BCUT2D eigenvalue weighted by Crippen LogP contribution is 2.31. The summed E-state index contributed by atoms with van der Waals surface area (Å²) in [7, 11) is 0. The molecule has 4 nitrogen and oxygen atoms in total. The Balaban J connectivity index is 1.96. The van der Waals surface area contributed by atoms with Crippen molar-refractivity contribution in [2.75, 3.05) is 6.54 Å². The Bertz CT molecular complexity index is 972. The topological polar surface area (TPSA) is 64.3 Å². The van der Waals surface area contributed by atoms with Gasteiger partial charge in [0.2, 0.25) is 0 Å². The van der Waals surface area contributed by atoms with Gasteiger partial charge in [0.05, 0.1) is 17.2 Å². The predicted molar refractivity (Wildman–Crippen MR) is 96.1 cm³/mol. The second kappa shape index (κ2) is 6.75. The third-order valence-electron chi connectivity index (χ3n) is 4.73. The van der Waals surface area contributed by atoms with Crippen LogP contribution in [0, 0.1) is 29.9 Å². The Morgan fingerprint density at radius 2 is 1.96 bits per heavy atom. The molecule has 0 bridgehead atoms. The van der Waals surface area contributed by atoms with E-state index in [1.807, 2.05) is 6.07 Å². The summed E-state index contributed by atoms with van der Waals surface area (Å²) in [5, 5.41) is 18.8. The number of β-amino-alcohol motifs (C(OH)–C–C–N with tert-alkyl or cyclic N) is 1. The first-order valence-corrected chi connectivity index (χ1v) is 8.61. The Hall–Kier alpha value is -2.78. The van der Waals surface area contributed by atoms with E-state index in [2.05, 4.69) is 0 Å². The number of nitrogens with zero attached hydrogens (tertiary/aromatic N) is 2. The number of hydrogen-bond acceptors (Lipinski definition) is 3. The highest BCUT2D eigenvalue weighted by atomic mass is 19.1. The first kappa shape index (κ1) is 19.0.